The molecular formula is C8H12NO4PS3. The Balaban J connectivity index is 2.93. The number of rotatable bonds is 5. The minimum atomic E-state index is -3.66. The smallest absolute Gasteiger partial charge is 0.251 e. The van der Waals surface area contributed by atoms with E-state index in [4.69, 9.17) is 26.0 Å². The monoisotopic (exact) mass is 313 g/mol. The lowest BCUT2D eigenvalue weighted by atomic mass is 10.4. The summed E-state index contributed by atoms with van der Waals surface area (Å²) in [7, 11) is -0.699. The van der Waals surface area contributed by atoms with Gasteiger partial charge >= 0.3 is 0 Å². The number of primary sulfonamides is 1. The Morgan fingerprint density at radius 2 is 1.71 bits per heavy atom. The van der Waals surface area contributed by atoms with E-state index in [0.29, 0.717) is 0 Å². The van der Waals surface area contributed by atoms with Crippen molar-refractivity contribution in [1.29, 1.82) is 0 Å². The fraction of sp³-hybridized carbons (Fsp3) is 0.250. The highest BCUT2D eigenvalue weighted by atomic mass is 32.9. The first kappa shape index (κ1) is 15.1. The van der Waals surface area contributed by atoms with Crippen LogP contribution in [0.4, 0.5) is 0 Å². The molecular weight excluding hydrogens is 301 g/mol. The van der Waals surface area contributed by atoms with Crippen molar-refractivity contribution in [2.45, 2.75) is 9.79 Å². The highest BCUT2D eigenvalue weighted by Gasteiger charge is 2.17. The zero-order chi connectivity index (χ0) is 13.1. The molecule has 0 aliphatic heterocycles. The molecule has 0 aliphatic rings. The van der Waals surface area contributed by atoms with Crippen LogP contribution < -0.4 is 5.14 Å². The van der Waals surface area contributed by atoms with Gasteiger partial charge in [-0.3, -0.25) is 0 Å². The molecule has 0 heterocycles. The van der Waals surface area contributed by atoms with Crippen molar-refractivity contribution in [2.24, 2.45) is 5.14 Å². The van der Waals surface area contributed by atoms with Crippen molar-refractivity contribution in [1.82, 2.24) is 0 Å². The average Bonchev–Trinajstić information content (AvgIpc) is 2.28. The minimum Gasteiger partial charge on any atom is -0.325 e. The molecule has 0 saturated heterocycles. The first-order chi connectivity index (χ1) is 7.80. The van der Waals surface area contributed by atoms with Gasteiger partial charge in [-0.2, -0.15) is 0 Å². The van der Waals surface area contributed by atoms with E-state index in [1.165, 1.54) is 37.7 Å². The Kier molecular flexibility index (Phi) is 5.15. The fourth-order valence-corrected chi connectivity index (χ4v) is 4.66. The van der Waals surface area contributed by atoms with Gasteiger partial charge in [0.15, 0.2) is 0 Å². The predicted octanol–water partition coefficient (Wildman–Crippen LogP) is 1.94. The molecule has 0 fully saturated rings. The third kappa shape index (κ3) is 4.33. The second-order valence-corrected chi connectivity index (χ2v) is 10.9. The second-order valence-electron chi connectivity index (χ2n) is 2.92. The molecule has 0 aliphatic carbocycles. The first-order valence-electron chi connectivity index (χ1n) is 4.35. The maximum atomic E-state index is 11.0. The van der Waals surface area contributed by atoms with Crippen LogP contribution >= 0.6 is 17.1 Å². The van der Waals surface area contributed by atoms with Crippen LogP contribution in [0, 0.1) is 0 Å². The van der Waals surface area contributed by atoms with Gasteiger partial charge in [-0.1, -0.05) is 0 Å². The van der Waals surface area contributed by atoms with Crippen LogP contribution in [-0.4, -0.2) is 22.6 Å². The Morgan fingerprint density at radius 1 is 1.24 bits per heavy atom. The van der Waals surface area contributed by atoms with Crippen LogP contribution in [0.2, 0.25) is 0 Å². The molecule has 0 atom stereocenters. The average molecular weight is 313 g/mol. The largest absolute Gasteiger partial charge is 0.325 e. The van der Waals surface area contributed by atoms with Gasteiger partial charge in [0.2, 0.25) is 10.0 Å². The summed E-state index contributed by atoms with van der Waals surface area (Å²) < 4.78 is 32.3. The van der Waals surface area contributed by atoms with Gasteiger partial charge in [0.05, 0.1) is 4.90 Å². The standard InChI is InChI=1S/C8H12NO4PS3/c1-12-14(15,13-2)16-7-3-5-8(6-4-7)17(9,10)11/h3-6H,1-2H3,(H2,9,10,11). The molecule has 0 unspecified atom stereocenters. The molecule has 1 aromatic rings. The third-order valence-corrected chi connectivity index (χ3v) is 8.11. The topological polar surface area (TPSA) is 78.6 Å². The van der Waals surface area contributed by atoms with Gasteiger partial charge in [-0.25, -0.2) is 13.6 Å². The number of nitrogens with two attached hydrogens (primary N) is 1. The molecule has 0 saturated carbocycles. The Hall–Kier alpha value is 0.0500. The lowest BCUT2D eigenvalue weighted by Crippen LogP contribution is -2.11. The van der Waals surface area contributed by atoms with Crippen molar-refractivity contribution >= 4 is 38.9 Å². The summed E-state index contributed by atoms with van der Waals surface area (Å²) in [6, 6.07) is 6.07. The second kappa shape index (κ2) is 5.79. The molecule has 1 rings (SSSR count). The Labute approximate surface area is 110 Å². The summed E-state index contributed by atoms with van der Waals surface area (Å²) in [5.41, 5.74) is -2.39. The molecule has 0 bridgehead atoms. The summed E-state index contributed by atoms with van der Waals surface area (Å²) in [5, 5.41) is 4.99. The third-order valence-electron chi connectivity index (χ3n) is 1.82. The molecule has 0 aromatic heterocycles. The van der Waals surface area contributed by atoms with E-state index < -0.39 is 15.7 Å². The van der Waals surface area contributed by atoms with Gasteiger partial charge in [0.25, 0.3) is 5.69 Å². The van der Waals surface area contributed by atoms with E-state index in [1.807, 2.05) is 0 Å². The van der Waals surface area contributed by atoms with Crippen LogP contribution in [0.3, 0.4) is 0 Å². The van der Waals surface area contributed by atoms with E-state index in [2.05, 4.69) is 0 Å². The lowest BCUT2D eigenvalue weighted by molar-refractivity contribution is 0.354. The SMILES string of the molecule is COP(=S)(OC)Sc1ccc(S(N)(=O)=O)cc1. The summed E-state index contributed by atoms with van der Waals surface area (Å²) in [4.78, 5) is 0.828. The van der Waals surface area contributed by atoms with Crippen LogP contribution in [0.1, 0.15) is 0 Å². The van der Waals surface area contributed by atoms with Crippen LogP contribution in [-0.2, 0) is 30.9 Å². The molecule has 9 heteroatoms. The van der Waals surface area contributed by atoms with Gasteiger partial charge in [-0.15, -0.1) is 0 Å². The zero-order valence-corrected chi connectivity index (χ0v) is 12.5. The quantitative estimate of drug-likeness (QED) is 0.837. The lowest BCUT2D eigenvalue weighted by Gasteiger charge is -2.16. The molecule has 17 heavy (non-hydrogen) atoms. The Bertz CT molecular complexity index is 520. The number of hydrogen-bond donors (Lipinski definition) is 1. The summed E-state index contributed by atoms with van der Waals surface area (Å²) in [5.74, 6) is 0. The van der Waals surface area contributed by atoms with E-state index in [0.717, 1.165) is 4.90 Å². The van der Waals surface area contributed by atoms with Crippen molar-refractivity contribution in [3.8, 4) is 0 Å². The Morgan fingerprint density at radius 3 is 2.06 bits per heavy atom. The van der Waals surface area contributed by atoms with Gasteiger partial charge in [0.1, 0.15) is 0 Å². The number of sulfonamides is 1. The van der Waals surface area contributed by atoms with Crippen molar-refractivity contribution in [3.63, 3.8) is 0 Å². The molecule has 0 radical (unpaired) electrons. The number of hydrogen-bond acceptors (Lipinski definition) is 6. The van der Waals surface area contributed by atoms with E-state index in [9.17, 15) is 8.42 Å². The maximum absolute atomic E-state index is 11.0. The van der Waals surface area contributed by atoms with Gasteiger partial charge in [0, 0.05) is 19.1 Å². The van der Waals surface area contributed by atoms with E-state index >= 15 is 0 Å². The van der Waals surface area contributed by atoms with Crippen LogP contribution in [0.5, 0.6) is 0 Å². The molecule has 96 valence electrons. The van der Waals surface area contributed by atoms with E-state index in [1.54, 1.807) is 12.1 Å². The molecule has 5 nitrogen and oxygen atoms in total. The maximum Gasteiger partial charge on any atom is 0.251 e. The molecule has 1 aromatic carbocycles. The minimum absolute atomic E-state index is 0.0602. The van der Waals surface area contributed by atoms with Crippen molar-refractivity contribution in [2.75, 3.05) is 14.2 Å². The summed E-state index contributed by atoms with van der Waals surface area (Å²) in [6.07, 6.45) is 0. The molecule has 0 spiro atoms. The van der Waals surface area contributed by atoms with Gasteiger partial charge in [-0.05, 0) is 47.5 Å². The van der Waals surface area contributed by atoms with Crippen molar-refractivity contribution < 1.29 is 17.5 Å². The highest BCUT2D eigenvalue weighted by molar-refractivity contribution is 8.67. The highest BCUT2D eigenvalue weighted by Crippen LogP contribution is 2.62. The number of benzene rings is 1. The molecule has 2 N–H and O–H groups in total. The predicted molar refractivity (Wildman–Crippen MR) is 72.0 cm³/mol. The summed E-state index contributed by atoms with van der Waals surface area (Å²) in [6.45, 7) is 0. The van der Waals surface area contributed by atoms with E-state index in [-0.39, 0.29) is 4.90 Å². The van der Waals surface area contributed by atoms with Crippen molar-refractivity contribution in [3.05, 3.63) is 24.3 Å². The van der Waals surface area contributed by atoms with Crippen LogP contribution in [0.15, 0.2) is 34.1 Å². The van der Waals surface area contributed by atoms with Crippen LogP contribution in [0.25, 0.3) is 0 Å². The summed E-state index contributed by atoms with van der Waals surface area (Å²) >= 11 is 6.44. The molecule has 0 amide bonds. The van der Waals surface area contributed by atoms with Gasteiger partial charge < -0.3 is 9.05 Å². The first-order valence-corrected chi connectivity index (χ1v) is 9.95. The normalized spacial score (nSPS) is 12.6. The zero-order valence-electron chi connectivity index (χ0n) is 9.19. The fourth-order valence-electron chi connectivity index (χ4n) is 0.968.